The number of benzene rings is 3. The first-order chi connectivity index (χ1) is 24.2. The van der Waals surface area contributed by atoms with Crippen LogP contribution in [0.5, 0.6) is 11.5 Å². The SMILES string of the molecule is COCCc1ccc(Cl)c(CN(C(=O)C2CN(C(=O)OC(C)(C)C)CCC2(O)c2ccc(OCCOc3c(Cl)cc(C)cc3Cl)cc2)C2CC2)c1. The summed E-state index contributed by atoms with van der Waals surface area (Å²) in [5.41, 5.74) is 1.10. The summed E-state index contributed by atoms with van der Waals surface area (Å²) in [5, 5.41) is 13.9. The van der Waals surface area contributed by atoms with Crippen molar-refractivity contribution >= 4 is 46.8 Å². The van der Waals surface area contributed by atoms with Gasteiger partial charge in [0.15, 0.2) is 5.75 Å². The van der Waals surface area contributed by atoms with Gasteiger partial charge in [-0.25, -0.2) is 4.79 Å². The van der Waals surface area contributed by atoms with Crippen LogP contribution in [0.25, 0.3) is 0 Å². The van der Waals surface area contributed by atoms with E-state index in [-0.39, 0.29) is 51.2 Å². The maximum absolute atomic E-state index is 14.7. The topological polar surface area (TPSA) is 97.8 Å². The van der Waals surface area contributed by atoms with Crippen LogP contribution in [-0.2, 0) is 32.8 Å². The van der Waals surface area contributed by atoms with Crippen LogP contribution in [0, 0.1) is 12.8 Å². The van der Waals surface area contributed by atoms with Crippen LogP contribution >= 0.6 is 34.8 Å². The number of methoxy groups -OCH3 is 1. The Morgan fingerprint density at radius 1 is 0.941 bits per heavy atom. The summed E-state index contributed by atoms with van der Waals surface area (Å²) in [6.07, 6.45) is 2.04. The molecule has 0 radical (unpaired) electrons. The van der Waals surface area contributed by atoms with Gasteiger partial charge < -0.3 is 33.9 Å². The van der Waals surface area contributed by atoms with Crippen molar-refractivity contribution in [1.29, 1.82) is 0 Å². The number of hydrogen-bond donors (Lipinski definition) is 1. The second-order valence-electron chi connectivity index (χ2n) is 14.3. The molecule has 3 aromatic carbocycles. The first-order valence-corrected chi connectivity index (χ1v) is 18.4. The number of rotatable bonds is 13. The van der Waals surface area contributed by atoms with Gasteiger partial charge in [0.25, 0.3) is 0 Å². The van der Waals surface area contributed by atoms with Crippen LogP contribution < -0.4 is 9.47 Å². The molecule has 276 valence electrons. The molecule has 3 aromatic rings. The van der Waals surface area contributed by atoms with Crippen molar-refractivity contribution in [3.63, 3.8) is 0 Å². The lowest BCUT2D eigenvalue weighted by Gasteiger charge is -2.45. The van der Waals surface area contributed by atoms with Crippen LogP contribution in [0.4, 0.5) is 4.79 Å². The molecule has 1 aliphatic carbocycles. The molecule has 2 fully saturated rings. The number of carbonyl (C=O) groups excluding carboxylic acids is 2. The summed E-state index contributed by atoms with van der Waals surface area (Å²) < 4.78 is 22.6. The molecular weight excluding hydrogens is 715 g/mol. The standard InChI is InChI=1S/C39H47Cl3N2O7/c1-25-20-33(41)35(34(42)21-25)50-19-18-49-30-11-7-28(8-12-30)39(47)15-16-43(37(46)51-38(2,3)4)24-31(39)36(45)44(29-9-10-29)23-27-22-26(14-17-48-5)6-13-32(27)40/h6-8,11-13,20-22,29,31,47H,9-10,14-19,23-24H2,1-5H3. The number of likely N-dealkylation sites (tertiary alicyclic amines) is 1. The Morgan fingerprint density at radius 3 is 2.24 bits per heavy atom. The second kappa shape index (κ2) is 16.6. The van der Waals surface area contributed by atoms with Crippen molar-refractivity contribution in [3.05, 3.63) is 91.9 Å². The monoisotopic (exact) mass is 760 g/mol. The molecule has 1 aliphatic heterocycles. The number of piperidine rings is 1. The predicted molar refractivity (Wildman–Crippen MR) is 199 cm³/mol. The van der Waals surface area contributed by atoms with Crippen molar-refractivity contribution in [1.82, 2.24) is 9.80 Å². The van der Waals surface area contributed by atoms with Crippen LogP contribution in [-0.4, -0.2) is 78.6 Å². The number of hydrogen-bond acceptors (Lipinski definition) is 7. The summed E-state index contributed by atoms with van der Waals surface area (Å²) in [6, 6.07) is 16.4. The zero-order valence-electron chi connectivity index (χ0n) is 29.8. The average Bonchev–Trinajstić information content (AvgIpc) is 3.91. The highest BCUT2D eigenvalue weighted by Gasteiger charge is 2.51. The summed E-state index contributed by atoms with van der Waals surface area (Å²) in [5.74, 6) is -0.236. The van der Waals surface area contributed by atoms with Gasteiger partial charge in [-0.2, -0.15) is 0 Å². The van der Waals surface area contributed by atoms with Gasteiger partial charge in [-0.15, -0.1) is 0 Å². The second-order valence-corrected chi connectivity index (χ2v) is 15.5. The quantitative estimate of drug-likeness (QED) is 0.175. The summed E-state index contributed by atoms with van der Waals surface area (Å²) in [4.78, 5) is 31.3. The molecule has 2 aliphatic rings. The number of halogens is 3. The molecule has 1 N–H and O–H groups in total. The molecule has 1 saturated heterocycles. The number of nitrogens with zero attached hydrogens (tertiary/aromatic N) is 2. The lowest BCUT2D eigenvalue weighted by molar-refractivity contribution is -0.155. The molecule has 0 bridgehead atoms. The van der Waals surface area contributed by atoms with E-state index in [0.717, 1.165) is 29.5 Å². The number of ether oxygens (including phenoxy) is 4. The van der Waals surface area contributed by atoms with Crippen LogP contribution in [0.2, 0.25) is 15.1 Å². The van der Waals surface area contributed by atoms with E-state index >= 15 is 0 Å². The highest BCUT2D eigenvalue weighted by Crippen LogP contribution is 2.42. The third-order valence-electron chi connectivity index (χ3n) is 9.10. The number of carbonyl (C=O) groups is 2. The minimum atomic E-state index is -1.56. The van der Waals surface area contributed by atoms with Crippen molar-refractivity contribution in [2.75, 3.05) is 40.0 Å². The third kappa shape index (κ3) is 10.0. The van der Waals surface area contributed by atoms with Gasteiger partial charge in [0.2, 0.25) is 5.91 Å². The Labute approximate surface area is 315 Å². The third-order valence-corrected chi connectivity index (χ3v) is 10.0. The fraction of sp³-hybridized carbons (Fsp3) is 0.487. The van der Waals surface area contributed by atoms with Crippen molar-refractivity contribution < 1.29 is 33.6 Å². The molecule has 51 heavy (non-hydrogen) atoms. The average molecular weight is 762 g/mol. The van der Waals surface area contributed by atoms with Crippen molar-refractivity contribution in [2.24, 2.45) is 5.92 Å². The Bertz CT molecular complexity index is 1670. The molecule has 0 spiro atoms. The van der Waals surface area contributed by atoms with E-state index in [1.807, 2.05) is 30.0 Å². The van der Waals surface area contributed by atoms with Gasteiger partial charge >= 0.3 is 6.09 Å². The molecular formula is C39H47Cl3N2O7. The number of aliphatic hydroxyl groups is 1. The number of amides is 2. The van der Waals surface area contributed by atoms with Crippen LogP contribution in [0.15, 0.2) is 54.6 Å². The van der Waals surface area contributed by atoms with Gasteiger partial charge in [0, 0.05) is 37.8 Å². The van der Waals surface area contributed by atoms with Gasteiger partial charge in [-0.1, -0.05) is 59.1 Å². The van der Waals surface area contributed by atoms with E-state index in [1.54, 1.807) is 64.3 Å². The Morgan fingerprint density at radius 2 is 1.61 bits per heavy atom. The Kier molecular flexibility index (Phi) is 12.7. The minimum absolute atomic E-state index is 0.00516. The maximum atomic E-state index is 14.7. The van der Waals surface area contributed by atoms with Gasteiger partial charge in [-0.3, -0.25) is 4.79 Å². The zero-order valence-corrected chi connectivity index (χ0v) is 32.1. The van der Waals surface area contributed by atoms with E-state index in [4.69, 9.17) is 53.8 Å². The molecule has 2 amide bonds. The van der Waals surface area contributed by atoms with Crippen molar-refractivity contribution in [3.8, 4) is 11.5 Å². The van der Waals surface area contributed by atoms with Gasteiger partial charge in [0.05, 0.1) is 22.6 Å². The summed E-state index contributed by atoms with van der Waals surface area (Å²) >= 11 is 19.2. The highest BCUT2D eigenvalue weighted by atomic mass is 35.5. The minimum Gasteiger partial charge on any atom is -0.490 e. The molecule has 5 rings (SSSR count). The maximum Gasteiger partial charge on any atom is 0.410 e. The van der Waals surface area contributed by atoms with Crippen LogP contribution in [0.3, 0.4) is 0 Å². The normalized spacial score (nSPS) is 19.1. The largest absolute Gasteiger partial charge is 0.490 e. The molecule has 9 nitrogen and oxygen atoms in total. The van der Waals surface area contributed by atoms with Gasteiger partial charge in [0.1, 0.15) is 30.2 Å². The molecule has 1 heterocycles. The molecule has 2 atom stereocenters. The first kappa shape index (κ1) is 39.0. The van der Waals surface area contributed by atoms with Crippen LogP contribution in [0.1, 0.15) is 62.3 Å². The molecule has 0 aromatic heterocycles. The van der Waals surface area contributed by atoms with E-state index in [2.05, 4.69) is 0 Å². The lowest BCUT2D eigenvalue weighted by Crippen LogP contribution is -2.58. The summed E-state index contributed by atoms with van der Waals surface area (Å²) in [7, 11) is 1.66. The van der Waals surface area contributed by atoms with E-state index in [1.165, 1.54) is 4.90 Å². The Balaban J connectivity index is 1.35. The predicted octanol–water partition coefficient (Wildman–Crippen LogP) is 8.24. The van der Waals surface area contributed by atoms with E-state index < -0.39 is 23.2 Å². The smallest absolute Gasteiger partial charge is 0.410 e. The van der Waals surface area contributed by atoms with E-state index in [0.29, 0.717) is 45.2 Å². The Hall–Kier alpha value is -3.21. The molecule has 1 saturated carbocycles. The van der Waals surface area contributed by atoms with E-state index in [9.17, 15) is 14.7 Å². The molecule has 12 heteroatoms. The first-order valence-electron chi connectivity index (χ1n) is 17.3. The lowest BCUT2D eigenvalue weighted by atomic mass is 9.75. The molecule has 2 unspecified atom stereocenters. The zero-order chi connectivity index (χ0) is 36.9. The van der Waals surface area contributed by atoms with Gasteiger partial charge in [-0.05, 0) is 106 Å². The number of aryl methyl sites for hydroxylation is 1. The highest BCUT2D eigenvalue weighted by molar-refractivity contribution is 6.37. The fourth-order valence-electron chi connectivity index (χ4n) is 6.31. The van der Waals surface area contributed by atoms with Crippen molar-refractivity contribution in [2.45, 2.75) is 77.2 Å². The fourth-order valence-corrected chi connectivity index (χ4v) is 7.19. The summed E-state index contributed by atoms with van der Waals surface area (Å²) in [6.45, 7) is 8.80.